The van der Waals surface area contributed by atoms with Crippen molar-refractivity contribution >= 4 is 35.4 Å². The summed E-state index contributed by atoms with van der Waals surface area (Å²) in [6.07, 6.45) is 1.10. The number of imide groups is 4. The largest absolute Gasteiger partial charge is 0.491 e. The number of para-hydroxylation sites is 1. The quantitative estimate of drug-likeness (QED) is 0.286. The molecule has 0 spiro atoms. The Morgan fingerprint density at radius 3 is 2.33 bits per heavy atom. The van der Waals surface area contributed by atoms with Gasteiger partial charge in [-0.15, -0.1) is 0 Å². The Bertz CT molecular complexity index is 1840. The second-order valence-corrected chi connectivity index (χ2v) is 12.7. The number of methoxy groups -OCH3 is 1. The number of likely N-dealkylation sites (tertiary alicyclic amines) is 1. The van der Waals surface area contributed by atoms with Crippen molar-refractivity contribution in [2.24, 2.45) is 23.7 Å². The Hall–Kier alpha value is -5.29. The maximum Gasteiger partial charge on any atom is 0.423 e. The summed E-state index contributed by atoms with van der Waals surface area (Å²) in [5, 5.41) is 10.7. The number of aliphatic hydroxyl groups excluding tert-OH is 1. The molecule has 11 heteroatoms. The molecule has 0 unspecified atom stereocenters. The number of benzene rings is 3. The number of nitrogens with zero attached hydrogens (tertiary/aromatic N) is 2. The van der Waals surface area contributed by atoms with Crippen molar-refractivity contribution in [1.29, 1.82) is 0 Å². The van der Waals surface area contributed by atoms with Gasteiger partial charge in [0.25, 0.3) is 11.8 Å². The lowest BCUT2D eigenvalue weighted by molar-refractivity contribution is -0.140. The number of nitrogens with one attached hydrogen (secondary N) is 1. The number of amides is 5. The van der Waals surface area contributed by atoms with E-state index >= 15 is 4.79 Å². The maximum atomic E-state index is 15.2. The van der Waals surface area contributed by atoms with Crippen molar-refractivity contribution in [2.75, 3.05) is 25.7 Å². The minimum absolute atomic E-state index is 0.00622. The zero-order valence-electron chi connectivity index (χ0n) is 26.5. The minimum atomic E-state index is -1.47. The van der Waals surface area contributed by atoms with E-state index in [-0.39, 0.29) is 26.1 Å². The van der Waals surface area contributed by atoms with Crippen LogP contribution in [0.2, 0.25) is 0 Å². The van der Waals surface area contributed by atoms with Crippen LogP contribution in [0.1, 0.15) is 35.4 Å². The molecule has 5 amide bonds. The van der Waals surface area contributed by atoms with Crippen molar-refractivity contribution in [2.45, 2.75) is 31.1 Å². The first-order valence-electron chi connectivity index (χ1n) is 16.0. The molecule has 2 aliphatic carbocycles. The Morgan fingerprint density at radius 1 is 0.917 bits per heavy atom. The number of hydrogen-bond acceptors (Lipinski definition) is 9. The Morgan fingerprint density at radius 2 is 1.62 bits per heavy atom. The van der Waals surface area contributed by atoms with Gasteiger partial charge < -0.3 is 14.6 Å². The second-order valence-electron chi connectivity index (χ2n) is 12.7. The van der Waals surface area contributed by atoms with E-state index in [9.17, 15) is 24.3 Å². The Labute approximate surface area is 277 Å². The molecule has 48 heavy (non-hydrogen) atoms. The lowest BCUT2D eigenvalue weighted by Crippen LogP contribution is -2.53. The molecule has 3 aromatic rings. The molecule has 6 atom stereocenters. The summed E-state index contributed by atoms with van der Waals surface area (Å²) < 4.78 is 10.8. The van der Waals surface area contributed by atoms with Gasteiger partial charge >= 0.3 is 6.09 Å². The molecule has 4 aliphatic rings. The van der Waals surface area contributed by atoms with Crippen LogP contribution in [0.25, 0.3) is 0 Å². The predicted molar refractivity (Wildman–Crippen MR) is 172 cm³/mol. The van der Waals surface area contributed by atoms with Gasteiger partial charge in [0.05, 0.1) is 42.6 Å². The zero-order valence-corrected chi connectivity index (χ0v) is 26.5. The van der Waals surface area contributed by atoms with Gasteiger partial charge in [-0.3, -0.25) is 24.6 Å². The molecule has 0 aromatic heterocycles. The number of carbonyl (C=O) groups excluding carboxylic acids is 5. The van der Waals surface area contributed by atoms with Crippen molar-refractivity contribution in [1.82, 2.24) is 9.91 Å². The van der Waals surface area contributed by atoms with Crippen LogP contribution in [-0.4, -0.2) is 65.1 Å². The number of fused-ring (bicyclic) bond motifs is 4. The number of rotatable bonds is 7. The molecule has 7 rings (SSSR count). The van der Waals surface area contributed by atoms with Gasteiger partial charge in [-0.1, -0.05) is 77.9 Å². The molecule has 3 fully saturated rings. The van der Waals surface area contributed by atoms with Gasteiger partial charge in [-0.05, 0) is 49.4 Å². The third-order valence-corrected chi connectivity index (χ3v) is 10.3. The maximum absolute atomic E-state index is 15.2. The molecule has 2 heterocycles. The van der Waals surface area contributed by atoms with E-state index in [0.717, 1.165) is 23.3 Å². The van der Waals surface area contributed by atoms with Crippen LogP contribution in [0.3, 0.4) is 0 Å². The second kappa shape index (κ2) is 12.1. The number of aryl methyl sites for hydroxylation is 1. The van der Waals surface area contributed by atoms with Crippen LogP contribution in [0.5, 0.6) is 5.75 Å². The van der Waals surface area contributed by atoms with Gasteiger partial charge in [0.1, 0.15) is 12.4 Å². The molecule has 2 saturated heterocycles. The van der Waals surface area contributed by atoms with E-state index < -0.39 is 64.7 Å². The highest BCUT2D eigenvalue weighted by Gasteiger charge is 2.71. The average molecular weight is 650 g/mol. The number of allylic oxidation sites excluding steroid dienone is 2. The highest BCUT2D eigenvalue weighted by molar-refractivity contribution is 6.16. The van der Waals surface area contributed by atoms with E-state index in [1.165, 1.54) is 0 Å². The summed E-state index contributed by atoms with van der Waals surface area (Å²) in [5.41, 5.74) is 5.11. The number of carbonyl (C=O) groups is 5. The first kappa shape index (κ1) is 31.3. The molecule has 1 saturated carbocycles. The summed E-state index contributed by atoms with van der Waals surface area (Å²) in [5.74, 6) is -5.98. The summed E-state index contributed by atoms with van der Waals surface area (Å²) in [6.45, 7) is 1.69. The van der Waals surface area contributed by atoms with Gasteiger partial charge in [-0.25, -0.2) is 4.79 Å². The molecule has 2 aliphatic heterocycles. The monoisotopic (exact) mass is 649 g/mol. The molecular formula is C37H35N3O8. The van der Waals surface area contributed by atoms with Crippen molar-refractivity contribution in [3.8, 4) is 5.75 Å². The predicted octanol–water partition coefficient (Wildman–Crippen LogP) is 4.12. The smallest absolute Gasteiger partial charge is 0.423 e. The third-order valence-electron chi connectivity index (χ3n) is 10.3. The summed E-state index contributed by atoms with van der Waals surface area (Å²) in [4.78, 5) is 70.4. The Balaban J connectivity index is 1.46. The molecular weight excluding hydrogens is 614 g/mol. The SMILES string of the molecule is COC(=O)N1C(=O)[C@H]2[C@H](CC=C3[C@H]2C[C@H]2C(=O)N(Nc4ccc(C)cc4)C(=O)[C@@]2(c2ccccc2)[C@H]3c2ccccc2OCCO)C1=O. The van der Waals surface area contributed by atoms with Crippen LogP contribution in [0, 0.1) is 30.6 Å². The van der Waals surface area contributed by atoms with E-state index in [4.69, 9.17) is 9.47 Å². The van der Waals surface area contributed by atoms with Gasteiger partial charge in [0.2, 0.25) is 11.8 Å². The van der Waals surface area contributed by atoms with Gasteiger partial charge in [-0.2, -0.15) is 9.91 Å². The fourth-order valence-corrected chi connectivity index (χ4v) is 8.37. The molecule has 246 valence electrons. The van der Waals surface area contributed by atoms with Crippen LogP contribution < -0.4 is 10.2 Å². The fraction of sp³-hybridized carbons (Fsp3) is 0.324. The van der Waals surface area contributed by atoms with E-state index in [0.29, 0.717) is 27.5 Å². The van der Waals surface area contributed by atoms with Gasteiger partial charge in [0.15, 0.2) is 0 Å². The Kier molecular flexibility index (Phi) is 7.87. The summed E-state index contributed by atoms with van der Waals surface area (Å²) in [6, 6.07) is 23.7. The van der Waals surface area contributed by atoms with Crippen LogP contribution in [0.4, 0.5) is 10.5 Å². The average Bonchev–Trinajstić information content (AvgIpc) is 3.49. The van der Waals surface area contributed by atoms with Gasteiger partial charge in [0, 0.05) is 11.5 Å². The molecule has 2 N–H and O–H groups in total. The molecule has 0 radical (unpaired) electrons. The lowest BCUT2D eigenvalue weighted by atomic mass is 9.49. The topological polar surface area (TPSA) is 143 Å². The highest BCUT2D eigenvalue weighted by atomic mass is 16.5. The van der Waals surface area contributed by atoms with Crippen molar-refractivity contribution in [3.05, 3.63) is 107 Å². The number of hydrazine groups is 1. The highest BCUT2D eigenvalue weighted by Crippen LogP contribution is 2.64. The first-order chi connectivity index (χ1) is 23.2. The normalized spacial score (nSPS) is 27.6. The number of anilines is 1. The number of ether oxygens (including phenoxy) is 2. The first-order valence-corrected chi connectivity index (χ1v) is 16.0. The minimum Gasteiger partial charge on any atom is -0.491 e. The van der Waals surface area contributed by atoms with Crippen molar-refractivity contribution < 1.29 is 38.6 Å². The standard InChI is InChI=1S/C37H35N3O8/c1-21-12-14-23(15-13-21)38-40-33(43)28-20-27-24(16-17-26-30(27)34(44)39(32(26)42)36(46)47-2)31(25-10-6-7-11-29(25)48-19-18-41)37(28,35(40)45)22-8-4-3-5-9-22/h3-16,26-28,30-31,38,41H,17-20H2,1-2H3/t26-,27+,28-,30-,31+,37+/m0/s1. The fourth-order valence-electron chi connectivity index (χ4n) is 8.37. The van der Waals surface area contributed by atoms with Crippen LogP contribution >= 0.6 is 0 Å². The summed E-state index contributed by atoms with van der Waals surface area (Å²) in [7, 11) is 1.11. The summed E-state index contributed by atoms with van der Waals surface area (Å²) >= 11 is 0. The van der Waals surface area contributed by atoms with E-state index in [1.54, 1.807) is 24.3 Å². The van der Waals surface area contributed by atoms with Crippen molar-refractivity contribution in [3.63, 3.8) is 0 Å². The third kappa shape index (κ3) is 4.56. The lowest BCUT2D eigenvalue weighted by Gasteiger charge is -2.50. The molecule has 11 nitrogen and oxygen atoms in total. The molecule has 0 bridgehead atoms. The number of aliphatic hydroxyl groups is 1. The van der Waals surface area contributed by atoms with E-state index in [1.807, 2.05) is 67.6 Å². The molecule has 3 aromatic carbocycles. The van der Waals surface area contributed by atoms with E-state index in [2.05, 4.69) is 5.43 Å². The van der Waals surface area contributed by atoms with Crippen LogP contribution in [-0.2, 0) is 29.3 Å². The number of hydrogen-bond donors (Lipinski definition) is 2. The van der Waals surface area contributed by atoms with Crippen LogP contribution in [0.15, 0.2) is 90.5 Å². The zero-order chi connectivity index (χ0) is 33.7.